The smallest absolute Gasteiger partial charge is 0.239 e. The SMILES string of the molecule is Cc1nc(-c2ccc(I)cc2)nn1CC(N)=O. The molecule has 0 unspecified atom stereocenters. The van der Waals surface area contributed by atoms with Gasteiger partial charge in [-0.25, -0.2) is 9.67 Å². The van der Waals surface area contributed by atoms with Crippen molar-refractivity contribution in [2.45, 2.75) is 13.5 Å². The van der Waals surface area contributed by atoms with Gasteiger partial charge in [-0.1, -0.05) is 12.1 Å². The minimum atomic E-state index is -0.424. The maximum absolute atomic E-state index is 10.8. The third-order valence-corrected chi connectivity index (χ3v) is 2.98. The van der Waals surface area contributed by atoms with Crippen LogP contribution in [0.15, 0.2) is 24.3 Å². The van der Waals surface area contributed by atoms with E-state index in [0.29, 0.717) is 11.6 Å². The average molecular weight is 342 g/mol. The molecule has 0 spiro atoms. The number of benzene rings is 1. The minimum Gasteiger partial charge on any atom is -0.368 e. The Morgan fingerprint density at radius 1 is 1.41 bits per heavy atom. The summed E-state index contributed by atoms with van der Waals surface area (Å²) in [5, 5.41) is 4.25. The van der Waals surface area contributed by atoms with E-state index in [2.05, 4.69) is 32.7 Å². The number of rotatable bonds is 3. The molecule has 2 N–H and O–H groups in total. The van der Waals surface area contributed by atoms with Crippen LogP contribution in [0.3, 0.4) is 0 Å². The molecule has 88 valence electrons. The molecule has 1 aromatic heterocycles. The van der Waals surface area contributed by atoms with E-state index in [1.807, 2.05) is 24.3 Å². The van der Waals surface area contributed by atoms with Gasteiger partial charge in [0.05, 0.1) is 0 Å². The number of nitrogens with zero attached hydrogens (tertiary/aromatic N) is 3. The van der Waals surface area contributed by atoms with Crippen molar-refractivity contribution >= 4 is 28.5 Å². The molecule has 0 saturated heterocycles. The first kappa shape index (κ1) is 12.0. The standard InChI is InChI=1S/C11H11IN4O/c1-7-14-11(15-16(7)6-10(13)17)8-2-4-9(12)5-3-8/h2-5H,6H2,1H3,(H2,13,17). The Balaban J connectivity index is 2.34. The van der Waals surface area contributed by atoms with Gasteiger partial charge in [0.15, 0.2) is 5.82 Å². The van der Waals surface area contributed by atoms with E-state index < -0.39 is 5.91 Å². The predicted octanol–water partition coefficient (Wildman–Crippen LogP) is 1.34. The van der Waals surface area contributed by atoms with E-state index >= 15 is 0 Å². The van der Waals surface area contributed by atoms with Crippen molar-refractivity contribution in [2.75, 3.05) is 0 Å². The van der Waals surface area contributed by atoms with Crippen molar-refractivity contribution in [3.05, 3.63) is 33.7 Å². The van der Waals surface area contributed by atoms with Crippen LogP contribution in [-0.4, -0.2) is 20.7 Å². The lowest BCUT2D eigenvalue weighted by molar-refractivity contribution is -0.118. The van der Waals surface area contributed by atoms with E-state index in [9.17, 15) is 4.79 Å². The second kappa shape index (κ2) is 4.82. The monoisotopic (exact) mass is 342 g/mol. The third-order valence-electron chi connectivity index (χ3n) is 2.26. The van der Waals surface area contributed by atoms with E-state index in [0.717, 1.165) is 9.13 Å². The number of hydrogen-bond acceptors (Lipinski definition) is 3. The van der Waals surface area contributed by atoms with Crippen LogP contribution in [0.1, 0.15) is 5.82 Å². The van der Waals surface area contributed by atoms with Crippen molar-refractivity contribution in [1.82, 2.24) is 14.8 Å². The zero-order chi connectivity index (χ0) is 12.4. The molecule has 2 aromatic rings. The van der Waals surface area contributed by atoms with Gasteiger partial charge in [-0.3, -0.25) is 4.79 Å². The van der Waals surface area contributed by atoms with Gasteiger partial charge in [-0.15, -0.1) is 0 Å². The fourth-order valence-electron chi connectivity index (χ4n) is 1.44. The molecule has 0 aliphatic carbocycles. The number of halogens is 1. The molecule has 2 rings (SSSR count). The Kier molecular flexibility index (Phi) is 3.41. The Hall–Kier alpha value is -1.44. The lowest BCUT2D eigenvalue weighted by Gasteiger charge is -1.97. The number of aromatic nitrogens is 3. The molecular weight excluding hydrogens is 331 g/mol. The summed E-state index contributed by atoms with van der Waals surface area (Å²) >= 11 is 2.24. The first-order valence-corrected chi connectivity index (χ1v) is 6.10. The van der Waals surface area contributed by atoms with Gasteiger partial charge in [0.2, 0.25) is 5.91 Å². The number of aryl methyl sites for hydroxylation is 1. The Morgan fingerprint density at radius 2 is 2.06 bits per heavy atom. The molecular formula is C11H11IN4O. The van der Waals surface area contributed by atoms with Crippen LogP contribution < -0.4 is 5.73 Å². The highest BCUT2D eigenvalue weighted by molar-refractivity contribution is 14.1. The Labute approximate surface area is 112 Å². The number of amides is 1. The summed E-state index contributed by atoms with van der Waals surface area (Å²) in [6, 6.07) is 7.87. The Bertz CT molecular complexity index is 547. The summed E-state index contributed by atoms with van der Waals surface area (Å²) in [5.41, 5.74) is 6.06. The summed E-state index contributed by atoms with van der Waals surface area (Å²) < 4.78 is 2.66. The lowest BCUT2D eigenvalue weighted by Crippen LogP contribution is -2.20. The zero-order valence-electron chi connectivity index (χ0n) is 9.22. The topological polar surface area (TPSA) is 73.8 Å². The van der Waals surface area contributed by atoms with E-state index in [4.69, 9.17) is 5.73 Å². The van der Waals surface area contributed by atoms with Crippen LogP contribution in [0, 0.1) is 10.5 Å². The molecule has 5 nitrogen and oxygen atoms in total. The van der Waals surface area contributed by atoms with Crippen LogP contribution >= 0.6 is 22.6 Å². The van der Waals surface area contributed by atoms with Gasteiger partial charge in [-0.2, -0.15) is 5.10 Å². The lowest BCUT2D eigenvalue weighted by atomic mass is 10.2. The molecule has 0 fully saturated rings. The van der Waals surface area contributed by atoms with Gasteiger partial charge >= 0.3 is 0 Å². The first-order chi connectivity index (χ1) is 8.06. The molecule has 1 heterocycles. The normalized spacial score (nSPS) is 10.5. The molecule has 0 bridgehead atoms. The number of hydrogen-bond donors (Lipinski definition) is 1. The number of carbonyl (C=O) groups excluding carboxylic acids is 1. The average Bonchev–Trinajstić information content (AvgIpc) is 2.60. The fourth-order valence-corrected chi connectivity index (χ4v) is 1.80. The van der Waals surface area contributed by atoms with Crippen molar-refractivity contribution < 1.29 is 4.79 Å². The summed E-state index contributed by atoms with van der Waals surface area (Å²) in [4.78, 5) is 15.1. The minimum absolute atomic E-state index is 0.0587. The molecule has 6 heteroatoms. The maximum Gasteiger partial charge on any atom is 0.239 e. The van der Waals surface area contributed by atoms with E-state index in [1.165, 1.54) is 4.68 Å². The zero-order valence-corrected chi connectivity index (χ0v) is 11.4. The summed E-state index contributed by atoms with van der Waals surface area (Å²) in [7, 11) is 0. The maximum atomic E-state index is 10.8. The first-order valence-electron chi connectivity index (χ1n) is 5.02. The van der Waals surface area contributed by atoms with Crippen LogP contribution in [0.2, 0.25) is 0 Å². The van der Waals surface area contributed by atoms with Gasteiger partial charge in [0, 0.05) is 9.13 Å². The number of primary amides is 1. The van der Waals surface area contributed by atoms with Crippen LogP contribution in [0.25, 0.3) is 11.4 Å². The van der Waals surface area contributed by atoms with Gasteiger partial charge in [-0.05, 0) is 41.6 Å². The van der Waals surface area contributed by atoms with E-state index in [1.54, 1.807) is 6.92 Å². The summed E-state index contributed by atoms with van der Waals surface area (Å²) in [6.45, 7) is 1.86. The molecule has 1 aromatic carbocycles. The van der Waals surface area contributed by atoms with Gasteiger partial charge in [0.1, 0.15) is 12.4 Å². The molecule has 17 heavy (non-hydrogen) atoms. The summed E-state index contributed by atoms with van der Waals surface area (Å²) in [6.07, 6.45) is 0. The molecule has 1 amide bonds. The summed E-state index contributed by atoms with van der Waals surface area (Å²) in [5.74, 6) is 0.865. The molecule has 0 aliphatic rings. The largest absolute Gasteiger partial charge is 0.368 e. The van der Waals surface area contributed by atoms with Crippen molar-refractivity contribution in [1.29, 1.82) is 0 Å². The Morgan fingerprint density at radius 3 is 2.65 bits per heavy atom. The van der Waals surface area contributed by atoms with Crippen LogP contribution in [0.4, 0.5) is 0 Å². The molecule has 0 aliphatic heterocycles. The second-order valence-corrected chi connectivity index (χ2v) is 4.86. The van der Waals surface area contributed by atoms with Gasteiger partial charge < -0.3 is 5.73 Å². The van der Waals surface area contributed by atoms with Crippen molar-refractivity contribution in [3.63, 3.8) is 0 Å². The predicted molar refractivity (Wildman–Crippen MR) is 72.1 cm³/mol. The molecule has 0 radical (unpaired) electrons. The highest BCUT2D eigenvalue weighted by Crippen LogP contribution is 2.17. The number of carbonyl (C=O) groups is 1. The highest BCUT2D eigenvalue weighted by Gasteiger charge is 2.09. The van der Waals surface area contributed by atoms with Crippen LogP contribution in [0.5, 0.6) is 0 Å². The van der Waals surface area contributed by atoms with Gasteiger partial charge in [0.25, 0.3) is 0 Å². The van der Waals surface area contributed by atoms with Crippen LogP contribution in [-0.2, 0) is 11.3 Å². The quantitative estimate of drug-likeness (QED) is 0.856. The van der Waals surface area contributed by atoms with Crippen molar-refractivity contribution in [2.24, 2.45) is 5.73 Å². The highest BCUT2D eigenvalue weighted by atomic mass is 127. The number of nitrogens with two attached hydrogens (primary N) is 1. The molecule has 0 atom stereocenters. The van der Waals surface area contributed by atoms with Crippen molar-refractivity contribution in [3.8, 4) is 11.4 Å². The second-order valence-electron chi connectivity index (χ2n) is 3.61. The third kappa shape index (κ3) is 2.82. The molecule has 0 saturated carbocycles. The van der Waals surface area contributed by atoms with E-state index in [-0.39, 0.29) is 6.54 Å². The fraction of sp³-hybridized carbons (Fsp3) is 0.182.